The van der Waals surface area contributed by atoms with E-state index in [1.165, 1.54) is 25.5 Å². The number of piperazine rings is 1. The molecule has 1 aromatic carbocycles. The monoisotopic (exact) mass is 429 g/mol. The van der Waals surface area contributed by atoms with Crippen LogP contribution in [0.15, 0.2) is 18.2 Å². The maximum Gasteiger partial charge on any atom is 0.547 e. The number of carbonyl (C=O) groups is 2. The number of benzene rings is 1. The normalized spacial score (nSPS) is 26.6. The molecular formula is C22H32BN3O5. The Morgan fingerprint density at radius 3 is 2.58 bits per heavy atom. The highest BCUT2D eigenvalue weighted by molar-refractivity contribution is 6.47. The molecule has 1 aliphatic carbocycles. The quantitative estimate of drug-likeness (QED) is 0.498. The average Bonchev–Trinajstić information content (AvgIpc) is 2.76. The van der Waals surface area contributed by atoms with Crippen molar-refractivity contribution < 1.29 is 24.4 Å². The van der Waals surface area contributed by atoms with E-state index in [2.05, 4.69) is 15.5 Å². The summed E-state index contributed by atoms with van der Waals surface area (Å²) in [4.78, 5) is 26.5. The molecule has 0 spiro atoms. The number of nitrogens with zero attached hydrogens (tertiary/aromatic N) is 1. The second-order valence-electron chi connectivity index (χ2n) is 9.13. The first-order valence-electron chi connectivity index (χ1n) is 11.4. The number of carboxylic acid groups (broad SMARTS) is 1. The Labute approximate surface area is 183 Å². The van der Waals surface area contributed by atoms with Gasteiger partial charge in [-0.2, -0.15) is 0 Å². The zero-order valence-electron chi connectivity index (χ0n) is 17.9. The van der Waals surface area contributed by atoms with Gasteiger partial charge >= 0.3 is 13.1 Å². The van der Waals surface area contributed by atoms with Crippen LogP contribution < -0.4 is 15.3 Å². The Bertz CT molecular complexity index is 793. The lowest BCUT2D eigenvalue weighted by atomic mass is 9.72. The molecule has 2 fully saturated rings. The van der Waals surface area contributed by atoms with E-state index >= 15 is 0 Å². The molecule has 0 aromatic heterocycles. The van der Waals surface area contributed by atoms with Crippen LogP contribution in [0.3, 0.4) is 0 Å². The number of nitrogens with one attached hydrogen (secondary N) is 2. The van der Waals surface area contributed by atoms with Crippen LogP contribution in [0.1, 0.15) is 48.0 Å². The molecule has 1 amide bonds. The molecule has 2 aliphatic heterocycles. The number of fused-ring (bicyclic) bond motifs is 1. The van der Waals surface area contributed by atoms with E-state index in [1.807, 2.05) is 0 Å². The number of carbonyl (C=O) groups excluding carboxylic acids is 1. The van der Waals surface area contributed by atoms with Crippen LogP contribution in [-0.2, 0) is 11.2 Å². The van der Waals surface area contributed by atoms with Gasteiger partial charge in [0.2, 0.25) is 5.91 Å². The molecule has 0 unspecified atom stereocenters. The third kappa shape index (κ3) is 5.58. The predicted octanol–water partition coefficient (Wildman–Crippen LogP) is 0.926. The number of aromatic carboxylic acids is 1. The van der Waals surface area contributed by atoms with E-state index in [4.69, 9.17) is 4.65 Å². The predicted molar refractivity (Wildman–Crippen MR) is 117 cm³/mol. The molecule has 4 rings (SSSR count). The average molecular weight is 429 g/mol. The lowest BCUT2D eigenvalue weighted by molar-refractivity contribution is -0.122. The third-order valence-electron chi connectivity index (χ3n) is 6.86. The zero-order chi connectivity index (χ0) is 21.8. The first-order valence-corrected chi connectivity index (χ1v) is 11.4. The number of hydrogen-bond acceptors (Lipinski definition) is 6. The number of amides is 1. The highest BCUT2D eigenvalue weighted by Crippen LogP contribution is 2.32. The second kappa shape index (κ2) is 10.0. The molecule has 2 heterocycles. The molecule has 1 atom stereocenters. The third-order valence-corrected chi connectivity index (χ3v) is 6.86. The van der Waals surface area contributed by atoms with Crippen molar-refractivity contribution in [2.75, 3.05) is 32.7 Å². The van der Waals surface area contributed by atoms with Crippen LogP contribution in [-0.4, -0.2) is 72.7 Å². The van der Waals surface area contributed by atoms with Gasteiger partial charge in [0.05, 0.1) is 11.5 Å². The van der Waals surface area contributed by atoms with Crippen molar-refractivity contribution in [3.05, 3.63) is 29.3 Å². The van der Waals surface area contributed by atoms with Crippen LogP contribution in [0, 0.1) is 11.8 Å². The fourth-order valence-corrected chi connectivity index (χ4v) is 5.12. The summed E-state index contributed by atoms with van der Waals surface area (Å²) in [7, 11) is -1.26. The van der Waals surface area contributed by atoms with Gasteiger partial charge in [0, 0.05) is 39.1 Å². The Morgan fingerprint density at radius 2 is 1.87 bits per heavy atom. The van der Waals surface area contributed by atoms with Crippen molar-refractivity contribution in [2.45, 2.75) is 44.5 Å². The largest absolute Gasteiger partial charge is 0.547 e. The minimum absolute atomic E-state index is 0.0268. The van der Waals surface area contributed by atoms with Crippen molar-refractivity contribution in [2.24, 2.45) is 11.8 Å². The molecule has 4 N–H and O–H groups in total. The molecular weight excluding hydrogens is 397 g/mol. The fourth-order valence-electron chi connectivity index (χ4n) is 5.12. The summed E-state index contributed by atoms with van der Waals surface area (Å²) in [6, 6.07) is 4.87. The molecule has 168 valence electrons. The Hall–Kier alpha value is -2.10. The smallest absolute Gasteiger partial charge is 0.534 e. The second-order valence-corrected chi connectivity index (χ2v) is 9.13. The zero-order valence-corrected chi connectivity index (χ0v) is 17.9. The molecule has 0 radical (unpaired) electrons. The number of hydrogen-bond donors (Lipinski definition) is 4. The van der Waals surface area contributed by atoms with Crippen molar-refractivity contribution >= 4 is 19.0 Å². The van der Waals surface area contributed by atoms with Crippen LogP contribution in [0.5, 0.6) is 5.75 Å². The maximum atomic E-state index is 12.6. The van der Waals surface area contributed by atoms with Gasteiger partial charge < -0.3 is 30.3 Å². The van der Waals surface area contributed by atoms with E-state index in [9.17, 15) is 19.7 Å². The summed E-state index contributed by atoms with van der Waals surface area (Å²) in [5.41, 5.74) is 0.711. The number of para-hydroxylation sites is 1. The Balaban J connectivity index is 1.24. The summed E-state index contributed by atoms with van der Waals surface area (Å²) in [5, 5.41) is 25.9. The summed E-state index contributed by atoms with van der Waals surface area (Å²) in [6.07, 6.45) is 5.29. The van der Waals surface area contributed by atoms with E-state index in [-0.39, 0.29) is 17.2 Å². The van der Waals surface area contributed by atoms with Gasteiger partial charge in [-0.15, -0.1) is 0 Å². The summed E-state index contributed by atoms with van der Waals surface area (Å²) >= 11 is 0. The van der Waals surface area contributed by atoms with Crippen molar-refractivity contribution in [3.8, 4) is 5.75 Å². The van der Waals surface area contributed by atoms with Crippen molar-refractivity contribution in [3.63, 3.8) is 0 Å². The van der Waals surface area contributed by atoms with Crippen molar-refractivity contribution in [1.82, 2.24) is 15.5 Å². The van der Waals surface area contributed by atoms with Crippen LogP contribution >= 0.6 is 0 Å². The first kappa shape index (κ1) is 22.1. The van der Waals surface area contributed by atoms with Gasteiger partial charge in [-0.05, 0) is 55.6 Å². The standard InChI is InChI=1S/C22H32BN3O5/c27-20(12-15-4-6-16(7-5-15)14-26-10-8-24-9-11-26)25-19-13-17-2-1-3-18(22(28)29)21(17)31-23(19)30/h1-3,15-16,19,24,30H,4-14H2,(H,25,27)(H,28,29)/t15?,16?,19-/m0/s1. The summed E-state index contributed by atoms with van der Waals surface area (Å²) in [6.45, 7) is 5.59. The molecule has 1 saturated carbocycles. The van der Waals surface area contributed by atoms with Gasteiger partial charge in [-0.25, -0.2) is 4.79 Å². The molecule has 31 heavy (non-hydrogen) atoms. The van der Waals surface area contributed by atoms with Crippen molar-refractivity contribution in [1.29, 1.82) is 0 Å². The highest BCUT2D eigenvalue weighted by Gasteiger charge is 2.38. The van der Waals surface area contributed by atoms with Gasteiger partial charge in [-0.3, -0.25) is 4.79 Å². The number of rotatable bonds is 6. The molecule has 8 nitrogen and oxygen atoms in total. The van der Waals surface area contributed by atoms with Gasteiger partial charge in [0.15, 0.2) is 0 Å². The van der Waals surface area contributed by atoms with Crippen LogP contribution in [0.25, 0.3) is 0 Å². The van der Waals surface area contributed by atoms with Gasteiger partial charge in [0.25, 0.3) is 0 Å². The van der Waals surface area contributed by atoms with E-state index in [1.54, 1.807) is 12.1 Å². The molecule has 0 bridgehead atoms. The molecule has 9 heteroatoms. The van der Waals surface area contributed by atoms with Gasteiger partial charge in [-0.1, -0.05) is 12.1 Å². The van der Waals surface area contributed by atoms with Crippen LogP contribution in [0.2, 0.25) is 0 Å². The Kier molecular flexibility index (Phi) is 7.15. The van der Waals surface area contributed by atoms with Gasteiger partial charge in [0.1, 0.15) is 5.75 Å². The summed E-state index contributed by atoms with van der Waals surface area (Å²) in [5.74, 6) is -0.447. The molecule has 3 aliphatic rings. The minimum Gasteiger partial charge on any atom is -0.534 e. The lowest BCUT2D eigenvalue weighted by Gasteiger charge is -2.34. The fraction of sp³-hybridized carbons (Fsp3) is 0.636. The van der Waals surface area contributed by atoms with E-state index in [0.29, 0.717) is 24.3 Å². The molecule has 1 aromatic rings. The van der Waals surface area contributed by atoms with E-state index < -0.39 is 19.0 Å². The number of carboxylic acids is 1. The Morgan fingerprint density at radius 1 is 1.16 bits per heavy atom. The highest BCUT2D eigenvalue weighted by atomic mass is 16.5. The summed E-state index contributed by atoms with van der Waals surface area (Å²) < 4.78 is 5.46. The van der Waals surface area contributed by atoms with Crippen LogP contribution in [0.4, 0.5) is 0 Å². The lowest BCUT2D eigenvalue weighted by Crippen LogP contribution is -2.53. The topological polar surface area (TPSA) is 111 Å². The minimum atomic E-state index is -1.26. The SMILES string of the molecule is O=C(CC1CCC(CN2CCNCC2)CC1)N[C@H]1Cc2cccc(C(=O)O)c2OB1O. The molecule has 1 saturated heterocycles. The van der Waals surface area contributed by atoms with E-state index in [0.717, 1.165) is 44.9 Å². The maximum absolute atomic E-state index is 12.6. The first-order chi connectivity index (χ1) is 15.0.